The molecule has 0 aliphatic heterocycles. The quantitative estimate of drug-likeness (QED) is 0.644. The van der Waals surface area contributed by atoms with E-state index in [9.17, 15) is 9.18 Å². The third kappa shape index (κ3) is 1.23. The van der Waals surface area contributed by atoms with Gasteiger partial charge in [-0.1, -0.05) is 0 Å². The fourth-order valence-electron chi connectivity index (χ4n) is 0.354. The first-order valence-corrected chi connectivity index (χ1v) is 2.83. The lowest BCUT2D eigenvalue weighted by Gasteiger charge is -1.76. The van der Waals surface area contributed by atoms with E-state index < -0.39 is 11.9 Å². The van der Waals surface area contributed by atoms with Crippen LogP contribution in [0, 0.1) is 5.95 Å². The maximum atomic E-state index is 11.9. The Hall–Kier alpha value is -0.970. The van der Waals surface area contributed by atoms with Crippen molar-refractivity contribution in [3.63, 3.8) is 0 Å². The molecule has 48 valence electrons. The Bertz CT molecular complexity index is 234. The highest BCUT2D eigenvalue weighted by Crippen LogP contribution is 2.07. The van der Waals surface area contributed by atoms with Crippen molar-refractivity contribution in [1.29, 1.82) is 0 Å². The lowest BCUT2D eigenvalue weighted by atomic mass is 10.5. The van der Waals surface area contributed by atoms with Gasteiger partial charge in [0.1, 0.15) is 4.88 Å². The summed E-state index contributed by atoms with van der Waals surface area (Å²) in [4.78, 5) is 9.94. The van der Waals surface area contributed by atoms with Crippen LogP contribution >= 0.6 is 11.5 Å². The summed E-state index contributed by atoms with van der Waals surface area (Å²) in [5, 5.41) is 8.20. The molecule has 1 rings (SSSR count). The molecule has 0 saturated carbocycles. The van der Waals surface area contributed by atoms with Gasteiger partial charge in [-0.3, -0.25) is 0 Å². The van der Waals surface area contributed by atoms with Crippen LogP contribution in [0.25, 0.3) is 0 Å². The van der Waals surface area contributed by atoms with Gasteiger partial charge in [-0.15, -0.1) is 0 Å². The van der Waals surface area contributed by atoms with Crippen LogP contribution in [0.5, 0.6) is 0 Å². The topological polar surface area (TPSA) is 50.2 Å². The SMILES string of the molecule is O=C(O)c1cc(F)ns1. The van der Waals surface area contributed by atoms with E-state index in [0.717, 1.165) is 6.07 Å². The van der Waals surface area contributed by atoms with Crippen LogP contribution in [0.1, 0.15) is 9.67 Å². The Morgan fingerprint density at radius 2 is 2.56 bits per heavy atom. The van der Waals surface area contributed by atoms with Crippen molar-refractivity contribution in [3.8, 4) is 0 Å². The van der Waals surface area contributed by atoms with Crippen molar-refractivity contribution in [2.24, 2.45) is 0 Å². The van der Waals surface area contributed by atoms with Crippen LogP contribution < -0.4 is 0 Å². The number of rotatable bonds is 1. The summed E-state index contributed by atoms with van der Waals surface area (Å²) in [7, 11) is 0. The highest BCUT2D eigenvalue weighted by molar-refractivity contribution is 7.07. The number of aromatic nitrogens is 1. The highest BCUT2D eigenvalue weighted by atomic mass is 32.1. The monoisotopic (exact) mass is 147 g/mol. The minimum Gasteiger partial charge on any atom is -0.477 e. The van der Waals surface area contributed by atoms with Gasteiger partial charge in [0.05, 0.1) is 0 Å². The highest BCUT2D eigenvalue weighted by Gasteiger charge is 2.06. The molecule has 0 aromatic carbocycles. The zero-order valence-electron chi connectivity index (χ0n) is 4.17. The maximum Gasteiger partial charge on any atom is 0.347 e. The summed E-state index contributed by atoms with van der Waals surface area (Å²) in [5.41, 5.74) is 0. The van der Waals surface area contributed by atoms with Gasteiger partial charge >= 0.3 is 5.97 Å². The number of halogens is 1. The van der Waals surface area contributed by atoms with Crippen molar-refractivity contribution >= 4 is 17.5 Å². The van der Waals surface area contributed by atoms with E-state index in [1.54, 1.807) is 0 Å². The molecule has 0 saturated heterocycles. The number of carboxylic acid groups (broad SMARTS) is 1. The Morgan fingerprint density at radius 1 is 1.89 bits per heavy atom. The smallest absolute Gasteiger partial charge is 0.347 e. The fourth-order valence-corrected chi connectivity index (χ4v) is 0.821. The van der Waals surface area contributed by atoms with E-state index in [2.05, 4.69) is 4.37 Å². The Morgan fingerprint density at radius 3 is 2.78 bits per heavy atom. The van der Waals surface area contributed by atoms with Gasteiger partial charge in [-0.2, -0.15) is 8.76 Å². The van der Waals surface area contributed by atoms with Gasteiger partial charge in [-0.25, -0.2) is 4.79 Å². The first kappa shape index (κ1) is 6.15. The maximum absolute atomic E-state index is 11.9. The van der Waals surface area contributed by atoms with Gasteiger partial charge in [0.25, 0.3) is 0 Å². The van der Waals surface area contributed by atoms with Crippen LogP contribution in [0.2, 0.25) is 0 Å². The lowest BCUT2D eigenvalue weighted by molar-refractivity contribution is 0.0702. The van der Waals surface area contributed by atoms with Crippen molar-refractivity contribution in [3.05, 3.63) is 16.9 Å². The van der Waals surface area contributed by atoms with Crippen LogP contribution in [0.4, 0.5) is 4.39 Å². The molecule has 0 amide bonds. The molecule has 1 aromatic rings. The van der Waals surface area contributed by atoms with Gasteiger partial charge in [0, 0.05) is 6.07 Å². The van der Waals surface area contributed by atoms with Crippen molar-refractivity contribution in [1.82, 2.24) is 4.37 Å². The molecule has 0 bridgehead atoms. The van der Waals surface area contributed by atoms with Crippen LogP contribution in [-0.4, -0.2) is 15.4 Å². The molecular weight excluding hydrogens is 145 g/mol. The minimum absolute atomic E-state index is 0.0764. The predicted molar refractivity (Wildman–Crippen MR) is 29.0 cm³/mol. The van der Waals surface area contributed by atoms with Gasteiger partial charge in [0.15, 0.2) is 0 Å². The minimum atomic E-state index is -1.14. The Labute approximate surface area is 53.9 Å². The summed E-state index contributed by atoms with van der Waals surface area (Å²) in [6.07, 6.45) is 0. The average Bonchev–Trinajstić information content (AvgIpc) is 2.14. The normalized spacial score (nSPS) is 9.44. The molecule has 0 unspecified atom stereocenters. The van der Waals surface area contributed by atoms with Gasteiger partial charge < -0.3 is 5.11 Å². The summed E-state index contributed by atoms with van der Waals surface area (Å²) < 4.78 is 15.1. The van der Waals surface area contributed by atoms with Gasteiger partial charge in [0.2, 0.25) is 5.95 Å². The summed E-state index contributed by atoms with van der Waals surface area (Å²) in [6, 6.07) is 0.882. The molecule has 9 heavy (non-hydrogen) atoms. The molecule has 0 aliphatic rings. The summed E-state index contributed by atoms with van der Waals surface area (Å²) in [5.74, 6) is -1.88. The molecule has 3 nitrogen and oxygen atoms in total. The number of carboxylic acids is 1. The first-order valence-electron chi connectivity index (χ1n) is 2.05. The predicted octanol–water partition coefficient (Wildman–Crippen LogP) is 0.980. The number of hydrogen-bond acceptors (Lipinski definition) is 3. The molecule has 0 fully saturated rings. The molecule has 5 heteroatoms. The van der Waals surface area contributed by atoms with E-state index >= 15 is 0 Å². The third-order valence-electron chi connectivity index (χ3n) is 0.692. The standard InChI is InChI=1S/C4H2FNO2S/c5-3-1-2(4(7)8)9-6-3/h1H,(H,7,8). The zero-order chi connectivity index (χ0) is 6.85. The number of carbonyl (C=O) groups is 1. The van der Waals surface area contributed by atoms with E-state index in [0.29, 0.717) is 11.5 Å². The lowest BCUT2D eigenvalue weighted by Crippen LogP contribution is -1.89. The van der Waals surface area contributed by atoms with Crippen LogP contribution in [0.15, 0.2) is 6.07 Å². The molecule has 0 atom stereocenters. The van der Waals surface area contributed by atoms with Crippen LogP contribution in [0.3, 0.4) is 0 Å². The molecule has 1 aromatic heterocycles. The van der Waals surface area contributed by atoms with E-state index in [-0.39, 0.29) is 4.88 Å². The fraction of sp³-hybridized carbons (Fsp3) is 0. The van der Waals surface area contributed by atoms with E-state index in [1.807, 2.05) is 0 Å². The van der Waals surface area contributed by atoms with Crippen molar-refractivity contribution < 1.29 is 14.3 Å². The van der Waals surface area contributed by atoms with Crippen molar-refractivity contribution in [2.45, 2.75) is 0 Å². The second-order valence-electron chi connectivity index (χ2n) is 1.32. The molecule has 1 N–H and O–H groups in total. The summed E-state index contributed by atoms with van der Waals surface area (Å²) >= 11 is 0.633. The third-order valence-corrected chi connectivity index (χ3v) is 1.45. The molecule has 0 spiro atoms. The second-order valence-corrected chi connectivity index (χ2v) is 2.12. The second kappa shape index (κ2) is 2.10. The van der Waals surface area contributed by atoms with Crippen molar-refractivity contribution in [2.75, 3.05) is 0 Å². The molecular formula is C4H2FNO2S. The molecule has 1 heterocycles. The first-order chi connectivity index (χ1) is 4.20. The van der Waals surface area contributed by atoms with E-state index in [4.69, 9.17) is 5.11 Å². The van der Waals surface area contributed by atoms with Crippen LogP contribution in [-0.2, 0) is 0 Å². The Balaban J connectivity index is 2.98. The molecule has 0 aliphatic carbocycles. The van der Waals surface area contributed by atoms with Gasteiger partial charge in [-0.05, 0) is 11.5 Å². The number of hydrogen-bond donors (Lipinski definition) is 1. The summed E-state index contributed by atoms with van der Waals surface area (Å²) in [6.45, 7) is 0. The zero-order valence-corrected chi connectivity index (χ0v) is 4.98. The largest absolute Gasteiger partial charge is 0.477 e. The number of nitrogens with zero attached hydrogens (tertiary/aromatic N) is 1. The number of aromatic carboxylic acids is 1. The Kier molecular flexibility index (Phi) is 1.44. The molecule has 0 radical (unpaired) electrons. The average molecular weight is 147 g/mol. The van der Waals surface area contributed by atoms with E-state index in [1.165, 1.54) is 0 Å².